The fraction of sp³-hybridized carbons (Fsp3) is 0.562. The number of para-hydroxylation sites is 1. The van der Waals surface area contributed by atoms with E-state index >= 15 is 0 Å². The molecule has 1 aromatic rings. The number of rotatable bonds is 3. The summed E-state index contributed by atoms with van der Waals surface area (Å²) >= 11 is 0. The SMILES string of the molecule is CCOc1c(N)cccc1C(=O)N1CCCCCC1C. The summed E-state index contributed by atoms with van der Waals surface area (Å²) in [5.41, 5.74) is 7.06. The number of nitrogens with zero attached hydrogens (tertiary/aromatic N) is 1. The van der Waals surface area contributed by atoms with Crippen molar-refractivity contribution in [3.05, 3.63) is 23.8 Å². The zero-order valence-electron chi connectivity index (χ0n) is 12.4. The summed E-state index contributed by atoms with van der Waals surface area (Å²) in [4.78, 5) is 14.8. The van der Waals surface area contributed by atoms with Crippen molar-refractivity contribution < 1.29 is 9.53 Å². The zero-order chi connectivity index (χ0) is 14.5. The average Bonchev–Trinajstić information content (AvgIpc) is 2.65. The highest BCUT2D eigenvalue weighted by molar-refractivity contribution is 5.98. The highest BCUT2D eigenvalue weighted by Crippen LogP contribution is 2.29. The van der Waals surface area contributed by atoms with Gasteiger partial charge in [0.25, 0.3) is 5.91 Å². The minimum absolute atomic E-state index is 0.0372. The molecule has 2 N–H and O–H groups in total. The number of nitrogen functional groups attached to an aromatic ring is 1. The first kappa shape index (κ1) is 14.7. The maximum Gasteiger partial charge on any atom is 0.257 e. The van der Waals surface area contributed by atoms with E-state index in [9.17, 15) is 4.79 Å². The third-order valence-corrected chi connectivity index (χ3v) is 3.88. The predicted octanol–water partition coefficient (Wildman–Crippen LogP) is 3.07. The third-order valence-electron chi connectivity index (χ3n) is 3.88. The Morgan fingerprint density at radius 3 is 2.95 bits per heavy atom. The summed E-state index contributed by atoms with van der Waals surface area (Å²) in [5, 5.41) is 0. The Balaban J connectivity index is 2.30. The second-order valence-electron chi connectivity index (χ2n) is 5.35. The lowest BCUT2D eigenvalue weighted by Gasteiger charge is -2.28. The van der Waals surface area contributed by atoms with Crippen LogP contribution < -0.4 is 10.5 Å². The monoisotopic (exact) mass is 276 g/mol. The first-order valence-corrected chi connectivity index (χ1v) is 7.47. The molecular formula is C16H24N2O2. The average molecular weight is 276 g/mol. The normalized spacial score (nSPS) is 19.5. The van der Waals surface area contributed by atoms with Crippen LogP contribution in [0.2, 0.25) is 0 Å². The van der Waals surface area contributed by atoms with Crippen molar-refractivity contribution >= 4 is 11.6 Å². The minimum atomic E-state index is 0.0372. The van der Waals surface area contributed by atoms with Gasteiger partial charge < -0.3 is 15.4 Å². The van der Waals surface area contributed by atoms with Gasteiger partial charge in [-0.25, -0.2) is 0 Å². The zero-order valence-corrected chi connectivity index (χ0v) is 12.4. The summed E-state index contributed by atoms with van der Waals surface area (Å²) in [7, 11) is 0. The maximum atomic E-state index is 12.8. The molecule has 1 fully saturated rings. The van der Waals surface area contributed by atoms with Gasteiger partial charge in [-0.15, -0.1) is 0 Å². The second kappa shape index (κ2) is 6.64. The number of hydrogen-bond acceptors (Lipinski definition) is 3. The lowest BCUT2D eigenvalue weighted by atomic mass is 10.1. The van der Waals surface area contributed by atoms with Crippen LogP contribution in [0.3, 0.4) is 0 Å². The number of hydrogen-bond donors (Lipinski definition) is 1. The van der Waals surface area contributed by atoms with Crippen molar-refractivity contribution in [3.8, 4) is 5.75 Å². The third kappa shape index (κ3) is 3.06. The molecule has 1 atom stereocenters. The quantitative estimate of drug-likeness (QED) is 0.863. The summed E-state index contributed by atoms with van der Waals surface area (Å²) in [6.07, 6.45) is 4.53. The molecule has 4 heteroatoms. The molecule has 1 aromatic carbocycles. The number of carbonyl (C=O) groups excluding carboxylic acids is 1. The lowest BCUT2D eigenvalue weighted by molar-refractivity contribution is 0.0694. The van der Waals surface area contributed by atoms with E-state index in [1.54, 1.807) is 12.1 Å². The number of anilines is 1. The smallest absolute Gasteiger partial charge is 0.257 e. The largest absolute Gasteiger partial charge is 0.491 e. The van der Waals surface area contributed by atoms with E-state index < -0.39 is 0 Å². The van der Waals surface area contributed by atoms with Crippen molar-refractivity contribution in [2.45, 2.75) is 45.6 Å². The maximum absolute atomic E-state index is 12.8. The molecule has 1 saturated heterocycles. The van der Waals surface area contributed by atoms with E-state index in [-0.39, 0.29) is 11.9 Å². The highest BCUT2D eigenvalue weighted by atomic mass is 16.5. The Labute approximate surface area is 120 Å². The minimum Gasteiger partial charge on any atom is -0.491 e. The molecule has 20 heavy (non-hydrogen) atoms. The molecule has 0 saturated carbocycles. The van der Waals surface area contributed by atoms with Crippen LogP contribution in [0.4, 0.5) is 5.69 Å². The van der Waals surface area contributed by atoms with Gasteiger partial charge in [-0.2, -0.15) is 0 Å². The van der Waals surface area contributed by atoms with Crippen molar-refractivity contribution in [2.24, 2.45) is 0 Å². The van der Waals surface area contributed by atoms with Gasteiger partial charge >= 0.3 is 0 Å². The fourth-order valence-corrected chi connectivity index (χ4v) is 2.76. The van der Waals surface area contributed by atoms with Gasteiger partial charge in [-0.3, -0.25) is 4.79 Å². The van der Waals surface area contributed by atoms with Crippen LogP contribution in [0.5, 0.6) is 5.75 Å². The molecule has 1 heterocycles. The van der Waals surface area contributed by atoms with Crippen LogP contribution in [0, 0.1) is 0 Å². The van der Waals surface area contributed by atoms with Gasteiger partial charge in [-0.1, -0.05) is 18.9 Å². The van der Waals surface area contributed by atoms with Crippen molar-refractivity contribution in [1.29, 1.82) is 0 Å². The summed E-state index contributed by atoms with van der Waals surface area (Å²) in [6, 6.07) is 5.67. The summed E-state index contributed by atoms with van der Waals surface area (Å²) in [5.74, 6) is 0.562. The predicted molar refractivity (Wildman–Crippen MR) is 81.0 cm³/mol. The second-order valence-corrected chi connectivity index (χ2v) is 5.35. The number of benzene rings is 1. The van der Waals surface area contributed by atoms with E-state index in [4.69, 9.17) is 10.5 Å². The van der Waals surface area contributed by atoms with Gasteiger partial charge in [0, 0.05) is 12.6 Å². The molecule has 2 rings (SSSR count). The van der Waals surface area contributed by atoms with Crippen LogP contribution in [0.25, 0.3) is 0 Å². The van der Waals surface area contributed by atoms with Crippen LogP contribution >= 0.6 is 0 Å². The molecule has 1 unspecified atom stereocenters. The van der Waals surface area contributed by atoms with Gasteiger partial charge in [0.05, 0.1) is 17.9 Å². The van der Waals surface area contributed by atoms with E-state index in [0.717, 1.165) is 19.4 Å². The fourth-order valence-electron chi connectivity index (χ4n) is 2.76. The molecule has 4 nitrogen and oxygen atoms in total. The topological polar surface area (TPSA) is 55.6 Å². The lowest BCUT2D eigenvalue weighted by Crippen LogP contribution is -2.38. The van der Waals surface area contributed by atoms with Crippen molar-refractivity contribution in [1.82, 2.24) is 4.90 Å². The number of likely N-dealkylation sites (tertiary alicyclic amines) is 1. The van der Waals surface area contributed by atoms with Crippen LogP contribution in [0.1, 0.15) is 49.9 Å². The molecule has 0 aromatic heterocycles. The number of ether oxygens (including phenoxy) is 1. The molecule has 0 bridgehead atoms. The molecule has 1 aliphatic rings. The summed E-state index contributed by atoms with van der Waals surface area (Å²) < 4.78 is 5.57. The van der Waals surface area contributed by atoms with E-state index in [1.807, 2.05) is 17.9 Å². The Morgan fingerprint density at radius 2 is 2.20 bits per heavy atom. The van der Waals surface area contributed by atoms with Gasteiger partial charge in [0.15, 0.2) is 5.75 Å². The van der Waals surface area contributed by atoms with Crippen molar-refractivity contribution in [3.63, 3.8) is 0 Å². The Kier molecular flexibility index (Phi) is 4.88. The molecule has 110 valence electrons. The first-order chi connectivity index (χ1) is 9.65. The van der Waals surface area contributed by atoms with Crippen molar-refractivity contribution in [2.75, 3.05) is 18.9 Å². The standard InChI is InChI=1S/C16H24N2O2/c1-3-20-15-13(9-7-10-14(15)17)16(19)18-11-6-4-5-8-12(18)2/h7,9-10,12H,3-6,8,11,17H2,1-2H3. The molecule has 0 radical (unpaired) electrons. The van der Waals surface area contributed by atoms with Crippen LogP contribution in [-0.4, -0.2) is 30.0 Å². The van der Waals surface area contributed by atoms with Gasteiger partial charge in [0.1, 0.15) is 0 Å². The number of nitrogens with two attached hydrogens (primary N) is 1. The number of carbonyl (C=O) groups is 1. The molecule has 1 aliphatic heterocycles. The molecule has 1 amide bonds. The first-order valence-electron chi connectivity index (χ1n) is 7.47. The molecule has 0 spiro atoms. The summed E-state index contributed by atoms with van der Waals surface area (Å²) in [6.45, 7) is 5.34. The number of amides is 1. The van der Waals surface area contributed by atoms with E-state index in [1.165, 1.54) is 12.8 Å². The van der Waals surface area contributed by atoms with Gasteiger partial charge in [0.2, 0.25) is 0 Å². The highest BCUT2D eigenvalue weighted by Gasteiger charge is 2.26. The van der Waals surface area contributed by atoms with E-state index in [0.29, 0.717) is 23.6 Å². The molecular weight excluding hydrogens is 252 g/mol. The van der Waals surface area contributed by atoms with Crippen LogP contribution in [0.15, 0.2) is 18.2 Å². The Hall–Kier alpha value is -1.71. The van der Waals surface area contributed by atoms with Crippen LogP contribution in [-0.2, 0) is 0 Å². The van der Waals surface area contributed by atoms with E-state index in [2.05, 4.69) is 6.92 Å². The Morgan fingerprint density at radius 1 is 1.40 bits per heavy atom. The Bertz CT molecular complexity index is 474. The molecule has 0 aliphatic carbocycles. The van der Waals surface area contributed by atoms with Gasteiger partial charge in [-0.05, 0) is 38.8 Å².